The summed E-state index contributed by atoms with van der Waals surface area (Å²) in [6, 6.07) is 3.31. The Labute approximate surface area is 83.9 Å². The number of aromatic nitrogens is 1. The first-order valence-electron chi connectivity index (χ1n) is 4.67. The number of hydrogen-bond donors (Lipinski definition) is 1. The summed E-state index contributed by atoms with van der Waals surface area (Å²) < 4.78 is 12.6. The number of nitrogens with zero attached hydrogens (tertiary/aromatic N) is 1. The van der Waals surface area contributed by atoms with Gasteiger partial charge in [0.15, 0.2) is 0 Å². The van der Waals surface area contributed by atoms with Crippen molar-refractivity contribution in [2.75, 3.05) is 7.05 Å². The number of hydrogen-bond acceptors (Lipinski definition) is 2. The molecule has 0 bridgehead atoms. The molecule has 1 N–H and O–H groups in total. The van der Waals surface area contributed by atoms with Gasteiger partial charge >= 0.3 is 0 Å². The molecule has 1 rings (SSSR count). The van der Waals surface area contributed by atoms with Crippen LogP contribution in [-0.2, 0) is 0 Å². The Morgan fingerprint density at radius 1 is 1.64 bits per heavy atom. The Hall–Kier alpha value is -1.22. The fraction of sp³-hybridized carbons (Fsp3) is 0.364. The minimum absolute atomic E-state index is 0.175. The fourth-order valence-electron chi connectivity index (χ4n) is 1.32. The molecule has 0 radical (unpaired) electrons. The minimum Gasteiger partial charge on any atom is -0.312 e. The first-order chi connectivity index (χ1) is 6.77. The molecule has 0 aromatic carbocycles. The van der Waals surface area contributed by atoms with E-state index in [9.17, 15) is 4.39 Å². The third-order valence-electron chi connectivity index (χ3n) is 2.12. The van der Waals surface area contributed by atoms with Gasteiger partial charge in [0.1, 0.15) is 5.82 Å². The third-order valence-corrected chi connectivity index (χ3v) is 2.12. The maximum absolute atomic E-state index is 12.6. The predicted molar refractivity (Wildman–Crippen MR) is 55.4 cm³/mol. The maximum atomic E-state index is 12.6. The molecule has 1 atom stereocenters. The van der Waals surface area contributed by atoms with E-state index in [1.807, 2.05) is 13.1 Å². The lowest BCUT2D eigenvalue weighted by atomic mass is 10.1. The van der Waals surface area contributed by atoms with Crippen molar-refractivity contribution in [1.82, 2.24) is 10.3 Å². The average molecular weight is 194 g/mol. The molecule has 0 aliphatic heterocycles. The van der Waals surface area contributed by atoms with Crippen molar-refractivity contribution in [3.63, 3.8) is 0 Å². The fourth-order valence-corrected chi connectivity index (χ4v) is 1.32. The normalized spacial score (nSPS) is 12.4. The van der Waals surface area contributed by atoms with Crippen LogP contribution in [0.1, 0.15) is 24.6 Å². The van der Waals surface area contributed by atoms with Crippen LogP contribution in [0.5, 0.6) is 0 Å². The quantitative estimate of drug-likeness (QED) is 0.728. The van der Waals surface area contributed by atoms with E-state index in [0.717, 1.165) is 18.5 Å². The summed E-state index contributed by atoms with van der Waals surface area (Å²) in [6.07, 6.45) is 4.96. The van der Waals surface area contributed by atoms with E-state index in [1.54, 1.807) is 6.07 Å². The minimum atomic E-state index is -0.299. The van der Waals surface area contributed by atoms with Crippen LogP contribution < -0.4 is 5.32 Å². The highest BCUT2D eigenvalue weighted by molar-refractivity contribution is 5.09. The molecule has 1 aromatic rings. The van der Waals surface area contributed by atoms with Crippen molar-refractivity contribution >= 4 is 0 Å². The second kappa shape index (κ2) is 5.50. The molecule has 1 unspecified atom stereocenters. The molecule has 0 fully saturated rings. The summed E-state index contributed by atoms with van der Waals surface area (Å²) in [7, 11) is 1.87. The maximum Gasteiger partial charge on any atom is 0.141 e. The van der Waals surface area contributed by atoms with Gasteiger partial charge in [-0.25, -0.2) is 4.39 Å². The molecule has 0 amide bonds. The lowest BCUT2D eigenvalue weighted by molar-refractivity contribution is 0.535. The Bertz CT molecular complexity index is 282. The molecular weight excluding hydrogens is 179 g/mol. The van der Waals surface area contributed by atoms with Gasteiger partial charge < -0.3 is 5.32 Å². The lowest BCUT2D eigenvalue weighted by Crippen LogP contribution is -2.17. The number of pyridine rings is 1. The highest BCUT2D eigenvalue weighted by atomic mass is 19.1. The summed E-state index contributed by atoms with van der Waals surface area (Å²) in [4.78, 5) is 4.03. The molecule has 0 aliphatic carbocycles. The SMILES string of the molecule is C=CCCC(NC)c1ccc(F)cn1. The summed E-state index contributed by atoms with van der Waals surface area (Å²) in [5, 5.41) is 3.14. The monoisotopic (exact) mass is 194 g/mol. The average Bonchev–Trinajstić information content (AvgIpc) is 2.21. The van der Waals surface area contributed by atoms with Gasteiger partial charge in [-0.15, -0.1) is 6.58 Å². The third kappa shape index (κ3) is 2.92. The van der Waals surface area contributed by atoms with E-state index in [4.69, 9.17) is 0 Å². The Balaban J connectivity index is 2.68. The van der Waals surface area contributed by atoms with Gasteiger partial charge in [0.2, 0.25) is 0 Å². The second-order valence-electron chi connectivity index (χ2n) is 3.11. The standard InChI is InChI=1S/C11H15FN2/c1-3-4-5-10(13-2)11-7-6-9(12)8-14-11/h3,6-8,10,13H,1,4-5H2,2H3. The molecule has 0 spiro atoms. The van der Waals surface area contributed by atoms with Crippen molar-refractivity contribution < 1.29 is 4.39 Å². The largest absolute Gasteiger partial charge is 0.312 e. The molecule has 76 valence electrons. The van der Waals surface area contributed by atoms with E-state index in [1.165, 1.54) is 12.3 Å². The first-order valence-corrected chi connectivity index (χ1v) is 4.67. The first kappa shape index (κ1) is 10.9. The summed E-state index contributed by atoms with van der Waals surface area (Å²) in [5.41, 5.74) is 0.871. The van der Waals surface area contributed by atoms with Crippen LogP contribution in [-0.4, -0.2) is 12.0 Å². The van der Waals surface area contributed by atoms with Crippen molar-refractivity contribution in [2.24, 2.45) is 0 Å². The van der Waals surface area contributed by atoms with Crippen molar-refractivity contribution in [1.29, 1.82) is 0 Å². The van der Waals surface area contributed by atoms with Gasteiger partial charge in [0.05, 0.1) is 11.9 Å². The zero-order valence-electron chi connectivity index (χ0n) is 8.33. The number of rotatable bonds is 5. The van der Waals surface area contributed by atoms with Crippen molar-refractivity contribution in [2.45, 2.75) is 18.9 Å². The van der Waals surface area contributed by atoms with Crippen LogP contribution >= 0.6 is 0 Å². The van der Waals surface area contributed by atoms with Gasteiger partial charge in [0, 0.05) is 6.04 Å². The van der Waals surface area contributed by atoms with Gasteiger partial charge in [-0.1, -0.05) is 6.08 Å². The molecule has 14 heavy (non-hydrogen) atoms. The predicted octanol–water partition coefficient (Wildman–Crippen LogP) is 2.45. The Morgan fingerprint density at radius 2 is 2.43 bits per heavy atom. The van der Waals surface area contributed by atoms with E-state index < -0.39 is 0 Å². The number of allylic oxidation sites excluding steroid dienone is 1. The molecule has 1 aromatic heterocycles. The van der Waals surface area contributed by atoms with Crippen LogP contribution in [0.15, 0.2) is 31.0 Å². The summed E-state index contributed by atoms with van der Waals surface area (Å²) in [5.74, 6) is -0.299. The van der Waals surface area contributed by atoms with Gasteiger partial charge in [-0.05, 0) is 32.0 Å². The highest BCUT2D eigenvalue weighted by Gasteiger charge is 2.08. The second-order valence-corrected chi connectivity index (χ2v) is 3.11. The van der Waals surface area contributed by atoms with Gasteiger partial charge in [-0.2, -0.15) is 0 Å². The summed E-state index contributed by atoms with van der Waals surface area (Å²) >= 11 is 0. The zero-order valence-corrected chi connectivity index (χ0v) is 8.33. The molecule has 1 heterocycles. The molecule has 0 saturated carbocycles. The smallest absolute Gasteiger partial charge is 0.141 e. The van der Waals surface area contributed by atoms with Gasteiger partial charge in [-0.3, -0.25) is 4.98 Å². The van der Waals surface area contributed by atoms with Crippen LogP contribution in [0.3, 0.4) is 0 Å². The van der Waals surface area contributed by atoms with E-state index >= 15 is 0 Å². The lowest BCUT2D eigenvalue weighted by Gasteiger charge is -2.14. The van der Waals surface area contributed by atoms with Crippen molar-refractivity contribution in [3.05, 3.63) is 42.5 Å². The van der Waals surface area contributed by atoms with E-state index in [2.05, 4.69) is 16.9 Å². The molecular formula is C11H15FN2. The highest BCUT2D eigenvalue weighted by Crippen LogP contribution is 2.15. The van der Waals surface area contributed by atoms with E-state index in [0.29, 0.717) is 0 Å². The summed E-state index contributed by atoms with van der Waals surface area (Å²) in [6.45, 7) is 3.67. The van der Waals surface area contributed by atoms with Crippen molar-refractivity contribution in [3.8, 4) is 0 Å². The molecule has 3 heteroatoms. The number of halogens is 1. The van der Waals surface area contributed by atoms with Crippen LogP contribution in [0.4, 0.5) is 4.39 Å². The topological polar surface area (TPSA) is 24.9 Å². The Kier molecular flexibility index (Phi) is 4.26. The molecule has 2 nitrogen and oxygen atoms in total. The zero-order chi connectivity index (χ0) is 10.4. The van der Waals surface area contributed by atoms with Gasteiger partial charge in [0.25, 0.3) is 0 Å². The van der Waals surface area contributed by atoms with E-state index in [-0.39, 0.29) is 11.9 Å². The van der Waals surface area contributed by atoms with Crippen LogP contribution in [0.25, 0.3) is 0 Å². The Morgan fingerprint density at radius 3 is 2.93 bits per heavy atom. The van der Waals surface area contributed by atoms with Crippen LogP contribution in [0.2, 0.25) is 0 Å². The van der Waals surface area contributed by atoms with Crippen LogP contribution in [0, 0.1) is 5.82 Å². The molecule has 0 aliphatic rings. The molecule has 0 saturated heterocycles. The number of nitrogens with one attached hydrogen (secondary N) is 1.